The van der Waals surface area contributed by atoms with E-state index in [2.05, 4.69) is 31.1 Å². The Bertz CT molecular complexity index is 993. The molecule has 0 aliphatic rings. The van der Waals surface area contributed by atoms with Crippen LogP contribution >= 0.6 is 11.3 Å². The number of H-pyrrole nitrogens is 1. The zero-order chi connectivity index (χ0) is 16.4. The van der Waals surface area contributed by atoms with E-state index in [0.717, 1.165) is 22.3 Å². The van der Waals surface area contributed by atoms with Gasteiger partial charge in [0, 0.05) is 29.2 Å². The van der Waals surface area contributed by atoms with Crippen LogP contribution in [0.3, 0.4) is 0 Å². The van der Waals surface area contributed by atoms with Crippen LogP contribution in [0.25, 0.3) is 22.3 Å². The van der Waals surface area contributed by atoms with E-state index in [9.17, 15) is 4.79 Å². The number of aromatic amines is 1. The lowest BCUT2D eigenvalue weighted by Crippen LogP contribution is -2.22. The monoisotopic (exact) mass is 335 g/mol. The molecule has 1 amide bonds. The van der Waals surface area contributed by atoms with E-state index in [1.807, 2.05) is 23.6 Å². The fourth-order valence-corrected chi connectivity index (χ4v) is 3.07. The molecule has 2 N–H and O–H groups in total. The van der Waals surface area contributed by atoms with Gasteiger partial charge in [0.05, 0.1) is 5.69 Å². The molecule has 24 heavy (non-hydrogen) atoms. The van der Waals surface area contributed by atoms with Gasteiger partial charge in [-0.15, -0.1) is 0 Å². The number of rotatable bonds is 4. The molecule has 0 radical (unpaired) electrons. The summed E-state index contributed by atoms with van der Waals surface area (Å²) in [6, 6.07) is 11.2. The van der Waals surface area contributed by atoms with E-state index in [1.165, 1.54) is 0 Å². The number of nitrogens with zero attached hydrogens (tertiary/aromatic N) is 3. The molecule has 0 fully saturated rings. The highest BCUT2D eigenvalue weighted by atomic mass is 32.1. The predicted octanol–water partition coefficient (Wildman–Crippen LogP) is 3.01. The van der Waals surface area contributed by atoms with Gasteiger partial charge in [0.1, 0.15) is 11.0 Å². The summed E-state index contributed by atoms with van der Waals surface area (Å²) < 4.78 is 0. The molecule has 0 spiro atoms. The SMILES string of the molecule is O=C(NCc1ccnc(-c2ccsc2)c1)c1ccc2n[nH]nc2c1. The molecule has 4 rings (SSSR count). The molecule has 0 saturated heterocycles. The molecule has 118 valence electrons. The van der Waals surface area contributed by atoms with Crippen LogP contribution in [0.1, 0.15) is 15.9 Å². The number of carbonyl (C=O) groups excluding carboxylic acids is 1. The van der Waals surface area contributed by atoms with Gasteiger partial charge in [0.2, 0.25) is 0 Å². The highest BCUT2D eigenvalue weighted by Gasteiger charge is 2.08. The molecule has 0 aliphatic carbocycles. The number of fused-ring (bicyclic) bond motifs is 1. The van der Waals surface area contributed by atoms with Gasteiger partial charge >= 0.3 is 0 Å². The minimum absolute atomic E-state index is 0.145. The first-order valence-corrected chi connectivity index (χ1v) is 8.30. The summed E-state index contributed by atoms with van der Waals surface area (Å²) >= 11 is 1.63. The first-order valence-electron chi connectivity index (χ1n) is 7.36. The molecule has 0 saturated carbocycles. The summed E-state index contributed by atoms with van der Waals surface area (Å²) in [5.41, 5.74) is 4.97. The third-order valence-electron chi connectivity index (χ3n) is 3.67. The van der Waals surface area contributed by atoms with Crippen LogP contribution in [0.2, 0.25) is 0 Å². The van der Waals surface area contributed by atoms with Crippen molar-refractivity contribution >= 4 is 28.3 Å². The molecule has 6 nitrogen and oxygen atoms in total. The molecule has 1 aromatic carbocycles. The summed E-state index contributed by atoms with van der Waals surface area (Å²) in [6.07, 6.45) is 1.76. The summed E-state index contributed by atoms with van der Waals surface area (Å²) in [6.45, 7) is 0.440. The van der Waals surface area contributed by atoms with Gasteiger partial charge < -0.3 is 5.32 Å². The number of carbonyl (C=O) groups is 1. The minimum atomic E-state index is -0.145. The van der Waals surface area contributed by atoms with Gasteiger partial charge in [-0.2, -0.15) is 26.7 Å². The van der Waals surface area contributed by atoms with Crippen molar-refractivity contribution in [2.24, 2.45) is 0 Å². The largest absolute Gasteiger partial charge is 0.348 e. The van der Waals surface area contributed by atoms with Crippen LogP contribution in [0.4, 0.5) is 0 Å². The van der Waals surface area contributed by atoms with Crippen LogP contribution in [0.5, 0.6) is 0 Å². The van der Waals surface area contributed by atoms with E-state index in [-0.39, 0.29) is 5.91 Å². The van der Waals surface area contributed by atoms with E-state index >= 15 is 0 Å². The van der Waals surface area contributed by atoms with Gasteiger partial charge in [-0.1, -0.05) is 0 Å². The molecule has 0 aliphatic heterocycles. The number of nitrogens with one attached hydrogen (secondary N) is 2. The number of aromatic nitrogens is 4. The number of hydrogen-bond acceptors (Lipinski definition) is 5. The second-order valence-corrected chi connectivity index (χ2v) is 6.05. The Morgan fingerprint density at radius 2 is 2.04 bits per heavy atom. The Morgan fingerprint density at radius 1 is 1.12 bits per heavy atom. The topological polar surface area (TPSA) is 83.6 Å². The minimum Gasteiger partial charge on any atom is -0.348 e. The molecule has 7 heteroatoms. The summed E-state index contributed by atoms with van der Waals surface area (Å²) in [4.78, 5) is 16.7. The van der Waals surface area contributed by atoms with Crippen molar-refractivity contribution in [2.45, 2.75) is 6.54 Å². The van der Waals surface area contributed by atoms with Crippen molar-refractivity contribution in [1.82, 2.24) is 25.7 Å². The highest BCUT2D eigenvalue weighted by molar-refractivity contribution is 7.08. The van der Waals surface area contributed by atoms with Crippen LogP contribution < -0.4 is 5.32 Å². The summed E-state index contributed by atoms with van der Waals surface area (Å²) in [5, 5.41) is 17.5. The Balaban J connectivity index is 1.48. The number of thiophene rings is 1. The Labute approximate surface area is 141 Å². The normalized spacial score (nSPS) is 10.8. The van der Waals surface area contributed by atoms with Gasteiger partial charge in [-0.3, -0.25) is 9.78 Å². The third-order valence-corrected chi connectivity index (χ3v) is 4.36. The summed E-state index contributed by atoms with van der Waals surface area (Å²) in [7, 11) is 0. The summed E-state index contributed by atoms with van der Waals surface area (Å²) in [5.74, 6) is -0.145. The average molecular weight is 335 g/mol. The molecule has 0 bridgehead atoms. The molecule has 3 heterocycles. The lowest BCUT2D eigenvalue weighted by atomic mass is 10.1. The van der Waals surface area contributed by atoms with Crippen LogP contribution in [-0.4, -0.2) is 26.3 Å². The van der Waals surface area contributed by atoms with Crippen molar-refractivity contribution in [1.29, 1.82) is 0 Å². The van der Waals surface area contributed by atoms with Crippen molar-refractivity contribution in [2.75, 3.05) is 0 Å². The second-order valence-electron chi connectivity index (χ2n) is 5.27. The first-order chi connectivity index (χ1) is 11.8. The third kappa shape index (κ3) is 2.89. The second kappa shape index (κ2) is 6.21. The van der Waals surface area contributed by atoms with Crippen LogP contribution in [-0.2, 0) is 6.54 Å². The zero-order valence-electron chi connectivity index (χ0n) is 12.6. The first kappa shape index (κ1) is 14.5. The molecule has 4 aromatic rings. The maximum atomic E-state index is 12.3. The Morgan fingerprint density at radius 3 is 2.92 bits per heavy atom. The van der Waals surface area contributed by atoms with E-state index in [4.69, 9.17) is 0 Å². The van der Waals surface area contributed by atoms with Crippen LogP contribution in [0.15, 0.2) is 53.4 Å². The van der Waals surface area contributed by atoms with Crippen molar-refractivity contribution < 1.29 is 4.79 Å². The van der Waals surface area contributed by atoms with E-state index in [0.29, 0.717) is 17.6 Å². The highest BCUT2D eigenvalue weighted by Crippen LogP contribution is 2.20. The molecule has 0 unspecified atom stereocenters. The number of benzene rings is 1. The van der Waals surface area contributed by atoms with Gasteiger partial charge in [-0.05, 0) is 47.3 Å². The molecular formula is C17H13N5OS. The number of hydrogen-bond donors (Lipinski definition) is 2. The predicted molar refractivity (Wildman–Crippen MR) is 92.6 cm³/mol. The lowest BCUT2D eigenvalue weighted by Gasteiger charge is -2.06. The van der Waals surface area contributed by atoms with Crippen molar-refractivity contribution in [3.8, 4) is 11.3 Å². The maximum absolute atomic E-state index is 12.3. The number of amides is 1. The van der Waals surface area contributed by atoms with Gasteiger partial charge in [-0.25, -0.2) is 0 Å². The standard InChI is InChI=1S/C17H13N5OS/c23-17(12-1-2-14-16(8-12)21-22-20-14)19-9-11-3-5-18-15(7-11)13-4-6-24-10-13/h1-8,10H,9H2,(H,19,23)(H,20,21,22). The number of pyridine rings is 1. The Hall–Kier alpha value is -3.06. The quantitative estimate of drug-likeness (QED) is 0.600. The zero-order valence-corrected chi connectivity index (χ0v) is 13.4. The van der Waals surface area contributed by atoms with E-state index in [1.54, 1.807) is 35.7 Å². The Kier molecular flexibility index (Phi) is 3.76. The van der Waals surface area contributed by atoms with Gasteiger partial charge in [0.25, 0.3) is 5.91 Å². The molecule has 0 atom stereocenters. The smallest absolute Gasteiger partial charge is 0.251 e. The molecule has 3 aromatic heterocycles. The fraction of sp³-hybridized carbons (Fsp3) is 0.0588. The van der Waals surface area contributed by atoms with Gasteiger partial charge in [0.15, 0.2) is 0 Å². The fourth-order valence-electron chi connectivity index (χ4n) is 2.42. The lowest BCUT2D eigenvalue weighted by molar-refractivity contribution is 0.0951. The maximum Gasteiger partial charge on any atom is 0.251 e. The van der Waals surface area contributed by atoms with E-state index < -0.39 is 0 Å². The molecular weight excluding hydrogens is 322 g/mol. The van der Waals surface area contributed by atoms with Crippen molar-refractivity contribution in [3.63, 3.8) is 0 Å². The average Bonchev–Trinajstić information content (AvgIpc) is 3.30. The van der Waals surface area contributed by atoms with Crippen molar-refractivity contribution in [3.05, 3.63) is 64.5 Å². The van der Waals surface area contributed by atoms with Crippen LogP contribution in [0, 0.1) is 0 Å².